The Bertz CT molecular complexity index is 699. The van der Waals surface area contributed by atoms with Gasteiger partial charge >= 0.3 is 0 Å². The summed E-state index contributed by atoms with van der Waals surface area (Å²) < 4.78 is 0. The first-order valence-electron chi connectivity index (χ1n) is 10.4. The predicted octanol–water partition coefficient (Wildman–Crippen LogP) is 6.67. The lowest BCUT2D eigenvalue weighted by molar-refractivity contribution is -0.108. The summed E-state index contributed by atoms with van der Waals surface area (Å²) in [6.45, 7) is 11.0. The zero-order valence-corrected chi connectivity index (χ0v) is 18.9. The van der Waals surface area contributed by atoms with Crippen LogP contribution in [0.15, 0.2) is 30.0 Å². The van der Waals surface area contributed by atoms with Crippen molar-refractivity contribution in [2.45, 2.75) is 78.6 Å². The van der Waals surface area contributed by atoms with E-state index < -0.39 is 0 Å². The highest BCUT2D eigenvalue weighted by atomic mass is 35.5. The van der Waals surface area contributed by atoms with E-state index in [1.807, 2.05) is 6.20 Å². The van der Waals surface area contributed by atoms with Gasteiger partial charge < -0.3 is 5.32 Å². The van der Waals surface area contributed by atoms with Crippen molar-refractivity contribution in [2.75, 3.05) is 0 Å². The van der Waals surface area contributed by atoms with Crippen LogP contribution in [0.2, 0.25) is 5.02 Å². The first-order valence-corrected chi connectivity index (χ1v) is 10.8. The summed E-state index contributed by atoms with van der Waals surface area (Å²) in [4.78, 5) is 11.0. The molecular weight excluding hydrogens is 366 g/mol. The van der Waals surface area contributed by atoms with Crippen LogP contribution in [0.5, 0.6) is 0 Å². The Morgan fingerprint density at radius 1 is 1.29 bits per heavy atom. The number of allylic oxidation sites excluding steroid dienone is 1. The molecule has 0 radical (unpaired) electrons. The van der Waals surface area contributed by atoms with Gasteiger partial charge in [0.15, 0.2) is 0 Å². The third-order valence-corrected chi connectivity index (χ3v) is 5.60. The molecule has 1 amide bonds. The molecule has 0 aromatic heterocycles. The van der Waals surface area contributed by atoms with Crippen molar-refractivity contribution in [3.05, 3.63) is 46.1 Å². The summed E-state index contributed by atoms with van der Waals surface area (Å²) in [5.41, 5.74) is 3.18. The van der Waals surface area contributed by atoms with Gasteiger partial charge in [0.05, 0.1) is 0 Å². The number of hydrogen-bond acceptors (Lipinski definition) is 1. The maximum atomic E-state index is 11.0. The number of aryl methyl sites for hydroxylation is 1. The molecule has 0 unspecified atom stereocenters. The molecule has 0 spiro atoms. The van der Waals surface area contributed by atoms with Gasteiger partial charge in [-0.15, -0.1) is 12.3 Å². The zero-order valence-electron chi connectivity index (χ0n) is 18.1. The molecule has 0 heterocycles. The lowest BCUT2D eigenvalue weighted by Crippen LogP contribution is -2.30. The van der Waals surface area contributed by atoms with Crippen molar-refractivity contribution in [3.8, 4) is 12.3 Å². The molecule has 3 heteroatoms. The molecule has 2 nitrogen and oxygen atoms in total. The van der Waals surface area contributed by atoms with Crippen LogP contribution in [-0.2, 0) is 16.6 Å². The van der Waals surface area contributed by atoms with E-state index in [2.05, 4.69) is 64.1 Å². The first-order chi connectivity index (χ1) is 13.3. The number of nitrogens with one attached hydrogen (secondary N) is 1. The number of rotatable bonds is 12. The molecule has 0 saturated heterocycles. The van der Waals surface area contributed by atoms with Crippen molar-refractivity contribution in [3.63, 3.8) is 0 Å². The van der Waals surface area contributed by atoms with E-state index in [4.69, 9.17) is 18.0 Å². The molecule has 1 aromatic carbocycles. The van der Waals surface area contributed by atoms with Crippen LogP contribution in [0, 0.1) is 24.2 Å². The fraction of sp³-hybridized carbons (Fsp3) is 0.560. The Kier molecular flexibility index (Phi) is 10.4. The van der Waals surface area contributed by atoms with Crippen LogP contribution in [-0.4, -0.2) is 6.41 Å². The lowest BCUT2D eigenvalue weighted by Gasteiger charge is -2.37. The van der Waals surface area contributed by atoms with Gasteiger partial charge in [0.25, 0.3) is 0 Å². The molecule has 1 N–H and O–H groups in total. The summed E-state index contributed by atoms with van der Waals surface area (Å²) in [5.74, 6) is 3.99. The number of halogens is 1. The maximum Gasteiger partial charge on any atom is 0.211 e. The van der Waals surface area contributed by atoms with Gasteiger partial charge in [-0.2, -0.15) is 0 Å². The summed E-state index contributed by atoms with van der Waals surface area (Å²) in [7, 11) is 0. The minimum Gasteiger partial charge on any atom is -0.335 e. The zero-order chi connectivity index (χ0) is 21.2. The van der Waals surface area contributed by atoms with Gasteiger partial charge in [0.2, 0.25) is 6.41 Å². The highest BCUT2D eigenvalue weighted by Gasteiger charge is 2.35. The van der Waals surface area contributed by atoms with Crippen LogP contribution in [0.1, 0.15) is 77.8 Å². The molecule has 154 valence electrons. The fourth-order valence-electron chi connectivity index (χ4n) is 3.85. The van der Waals surface area contributed by atoms with Crippen molar-refractivity contribution < 1.29 is 4.79 Å². The van der Waals surface area contributed by atoms with E-state index in [1.165, 1.54) is 11.1 Å². The third kappa shape index (κ3) is 6.71. The van der Waals surface area contributed by atoms with Gasteiger partial charge in [-0.05, 0) is 60.3 Å². The van der Waals surface area contributed by atoms with Gasteiger partial charge in [-0.1, -0.05) is 64.8 Å². The van der Waals surface area contributed by atoms with Crippen molar-refractivity contribution in [2.24, 2.45) is 11.8 Å². The Balaban J connectivity index is 3.48. The number of benzene rings is 1. The largest absolute Gasteiger partial charge is 0.335 e. The molecular formula is C25H36ClNO. The average Bonchev–Trinajstić information content (AvgIpc) is 2.63. The molecule has 0 aliphatic rings. The van der Waals surface area contributed by atoms with Gasteiger partial charge in [0, 0.05) is 23.1 Å². The van der Waals surface area contributed by atoms with Gasteiger partial charge in [0.1, 0.15) is 0 Å². The molecule has 1 aromatic rings. The lowest BCUT2D eigenvalue weighted by atomic mass is 9.67. The highest BCUT2D eigenvalue weighted by Crippen LogP contribution is 2.43. The van der Waals surface area contributed by atoms with E-state index in [1.54, 1.807) is 0 Å². The molecule has 0 saturated carbocycles. The number of terminal acetylenes is 1. The number of amides is 1. The SMILES string of the molecule is C#CC[C@@](CCC)(/C(=C\NC=O)CC(C)C)c1ccc(CCC(C)C)c(Cl)c1. The fourth-order valence-corrected chi connectivity index (χ4v) is 4.13. The average molecular weight is 402 g/mol. The molecule has 0 bridgehead atoms. The molecule has 1 rings (SSSR count). The monoisotopic (exact) mass is 401 g/mol. The standard InChI is InChI=1S/C25H36ClNO/c1-7-13-25(14-8-2,23(15-20(5)6)17-27-18-28)22-12-11-21(24(26)16-22)10-9-19(3)4/h1,11-12,16-20H,8-10,13-15H2,2-6H3,(H,27,28)/b23-17-/t25-/m0/s1. The minimum atomic E-state index is -0.315. The van der Waals surface area contributed by atoms with E-state index in [9.17, 15) is 4.79 Å². The number of carbonyl (C=O) groups excluding carboxylic acids is 1. The molecule has 28 heavy (non-hydrogen) atoms. The number of hydrogen-bond donors (Lipinski definition) is 1. The second-order valence-corrected chi connectivity index (χ2v) is 8.91. The summed E-state index contributed by atoms with van der Waals surface area (Å²) in [6, 6.07) is 6.43. The predicted molar refractivity (Wildman–Crippen MR) is 121 cm³/mol. The van der Waals surface area contributed by atoms with Crippen molar-refractivity contribution >= 4 is 18.0 Å². The highest BCUT2D eigenvalue weighted by molar-refractivity contribution is 6.31. The summed E-state index contributed by atoms with van der Waals surface area (Å²) in [5, 5.41) is 3.57. The molecule has 1 atom stereocenters. The number of carbonyl (C=O) groups is 1. The van der Waals surface area contributed by atoms with Crippen LogP contribution in [0.25, 0.3) is 0 Å². The van der Waals surface area contributed by atoms with E-state index in [0.717, 1.165) is 49.1 Å². The summed E-state index contributed by atoms with van der Waals surface area (Å²) >= 11 is 6.69. The second kappa shape index (κ2) is 12.0. The molecule has 0 aliphatic heterocycles. The molecule has 0 aliphatic carbocycles. The van der Waals surface area contributed by atoms with Crippen molar-refractivity contribution in [1.82, 2.24) is 5.32 Å². The maximum absolute atomic E-state index is 11.0. The van der Waals surface area contributed by atoms with Crippen LogP contribution in [0.3, 0.4) is 0 Å². The Hall–Kier alpha value is -1.72. The van der Waals surface area contributed by atoms with Crippen LogP contribution in [0.4, 0.5) is 0 Å². The van der Waals surface area contributed by atoms with E-state index in [-0.39, 0.29) is 5.41 Å². The topological polar surface area (TPSA) is 29.1 Å². The van der Waals surface area contributed by atoms with Crippen LogP contribution < -0.4 is 5.32 Å². The Morgan fingerprint density at radius 2 is 2.00 bits per heavy atom. The van der Waals surface area contributed by atoms with Gasteiger partial charge in [-0.25, -0.2) is 0 Å². The summed E-state index contributed by atoms with van der Waals surface area (Å²) in [6.07, 6.45) is 13.9. The normalized spacial score (nSPS) is 14.0. The first kappa shape index (κ1) is 24.3. The molecule has 0 fully saturated rings. The van der Waals surface area contributed by atoms with Crippen LogP contribution >= 0.6 is 11.6 Å². The minimum absolute atomic E-state index is 0.315. The second-order valence-electron chi connectivity index (χ2n) is 8.50. The van der Waals surface area contributed by atoms with Crippen molar-refractivity contribution in [1.29, 1.82) is 0 Å². The Labute approximate surface area is 177 Å². The van der Waals surface area contributed by atoms with E-state index in [0.29, 0.717) is 18.3 Å². The van der Waals surface area contributed by atoms with E-state index >= 15 is 0 Å². The smallest absolute Gasteiger partial charge is 0.211 e. The van der Waals surface area contributed by atoms with Gasteiger partial charge in [-0.3, -0.25) is 4.79 Å². The third-order valence-electron chi connectivity index (χ3n) is 5.25. The quantitative estimate of drug-likeness (QED) is 0.307. The Morgan fingerprint density at radius 3 is 2.50 bits per heavy atom.